The maximum absolute atomic E-state index is 11.9. The molecule has 0 aromatic heterocycles. The van der Waals surface area contributed by atoms with Gasteiger partial charge in [0.25, 0.3) is 5.91 Å². The lowest BCUT2D eigenvalue weighted by molar-refractivity contribution is -0.123. The van der Waals surface area contributed by atoms with E-state index in [0.717, 1.165) is 16.9 Å². The number of ether oxygens (including phenoxy) is 2. The van der Waals surface area contributed by atoms with Gasteiger partial charge < -0.3 is 14.8 Å². The van der Waals surface area contributed by atoms with Crippen LogP contribution in [0.1, 0.15) is 18.1 Å². The zero-order chi connectivity index (χ0) is 16.7. The Balaban J connectivity index is 1.72. The molecule has 0 fully saturated rings. The van der Waals surface area contributed by atoms with Crippen molar-refractivity contribution in [1.29, 1.82) is 0 Å². The molecular weight excluding hydrogens is 290 g/mol. The van der Waals surface area contributed by atoms with E-state index < -0.39 is 0 Å². The van der Waals surface area contributed by atoms with Crippen LogP contribution in [0.4, 0.5) is 0 Å². The van der Waals surface area contributed by atoms with Crippen molar-refractivity contribution in [2.45, 2.75) is 26.8 Å². The SMILES string of the molecule is Cc1ccc(OCC(=O)N[C@@H](C)COc2ccccc2C)cc1. The Labute approximate surface area is 137 Å². The lowest BCUT2D eigenvalue weighted by Gasteiger charge is -2.16. The predicted molar refractivity (Wildman–Crippen MR) is 91.0 cm³/mol. The molecule has 0 unspecified atom stereocenters. The third-order valence-electron chi connectivity index (χ3n) is 3.38. The van der Waals surface area contributed by atoms with E-state index in [-0.39, 0.29) is 18.6 Å². The van der Waals surface area contributed by atoms with Crippen molar-refractivity contribution in [1.82, 2.24) is 5.32 Å². The zero-order valence-electron chi connectivity index (χ0n) is 13.8. The summed E-state index contributed by atoms with van der Waals surface area (Å²) >= 11 is 0. The molecular formula is C19H23NO3. The minimum atomic E-state index is -0.161. The highest BCUT2D eigenvalue weighted by Gasteiger charge is 2.09. The van der Waals surface area contributed by atoms with Crippen molar-refractivity contribution in [3.63, 3.8) is 0 Å². The van der Waals surface area contributed by atoms with E-state index in [0.29, 0.717) is 12.4 Å². The van der Waals surface area contributed by atoms with E-state index in [1.54, 1.807) is 0 Å². The summed E-state index contributed by atoms with van der Waals surface area (Å²) in [6, 6.07) is 15.3. The Morgan fingerprint density at radius 3 is 2.43 bits per heavy atom. The number of nitrogens with one attached hydrogen (secondary N) is 1. The number of para-hydroxylation sites is 1. The minimum absolute atomic E-state index is 0.00222. The lowest BCUT2D eigenvalue weighted by Crippen LogP contribution is -2.39. The molecule has 2 aromatic rings. The first kappa shape index (κ1) is 16.9. The average Bonchev–Trinajstić information content (AvgIpc) is 2.53. The Kier molecular flexibility index (Phi) is 6.03. The molecule has 0 saturated carbocycles. The van der Waals surface area contributed by atoms with E-state index in [1.165, 1.54) is 0 Å². The highest BCUT2D eigenvalue weighted by Crippen LogP contribution is 2.16. The van der Waals surface area contributed by atoms with Gasteiger partial charge in [-0.25, -0.2) is 0 Å². The van der Waals surface area contributed by atoms with Crippen molar-refractivity contribution in [2.75, 3.05) is 13.2 Å². The standard InChI is InChI=1S/C19H23NO3/c1-14-8-10-17(11-9-14)22-13-19(21)20-16(3)12-23-18-7-5-4-6-15(18)2/h4-11,16H,12-13H2,1-3H3,(H,20,21)/t16-/m0/s1. The van der Waals surface area contributed by atoms with E-state index in [4.69, 9.17) is 9.47 Å². The van der Waals surface area contributed by atoms with Crippen LogP contribution in [0, 0.1) is 13.8 Å². The molecule has 0 saturated heterocycles. The molecule has 0 aliphatic carbocycles. The van der Waals surface area contributed by atoms with Gasteiger partial charge in [-0.2, -0.15) is 0 Å². The fraction of sp³-hybridized carbons (Fsp3) is 0.316. The maximum Gasteiger partial charge on any atom is 0.258 e. The van der Waals surface area contributed by atoms with Gasteiger partial charge in [0.2, 0.25) is 0 Å². The van der Waals surface area contributed by atoms with Crippen LogP contribution < -0.4 is 14.8 Å². The molecule has 1 atom stereocenters. The fourth-order valence-electron chi connectivity index (χ4n) is 2.07. The molecule has 1 N–H and O–H groups in total. The van der Waals surface area contributed by atoms with Crippen LogP contribution in [0.15, 0.2) is 48.5 Å². The third kappa shape index (κ3) is 5.66. The Morgan fingerprint density at radius 1 is 1.04 bits per heavy atom. The molecule has 0 aliphatic heterocycles. The number of carbonyl (C=O) groups is 1. The summed E-state index contributed by atoms with van der Waals surface area (Å²) in [5.41, 5.74) is 2.23. The first-order valence-electron chi connectivity index (χ1n) is 7.72. The number of carbonyl (C=O) groups excluding carboxylic acids is 1. The average molecular weight is 313 g/mol. The molecule has 0 heterocycles. The first-order chi connectivity index (χ1) is 11.0. The van der Waals surface area contributed by atoms with Gasteiger partial charge >= 0.3 is 0 Å². The Morgan fingerprint density at radius 2 is 1.74 bits per heavy atom. The van der Waals surface area contributed by atoms with E-state index in [2.05, 4.69) is 5.32 Å². The number of benzene rings is 2. The van der Waals surface area contributed by atoms with Gasteiger partial charge in [-0.05, 0) is 44.5 Å². The zero-order valence-corrected chi connectivity index (χ0v) is 13.8. The van der Waals surface area contributed by atoms with Gasteiger partial charge in [-0.3, -0.25) is 4.79 Å². The molecule has 0 radical (unpaired) electrons. The molecule has 2 rings (SSSR count). The van der Waals surface area contributed by atoms with Crippen LogP contribution >= 0.6 is 0 Å². The van der Waals surface area contributed by atoms with Crippen molar-refractivity contribution in [3.8, 4) is 11.5 Å². The highest BCUT2D eigenvalue weighted by atomic mass is 16.5. The second-order valence-electron chi connectivity index (χ2n) is 5.65. The number of rotatable bonds is 7. The molecule has 1 amide bonds. The minimum Gasteiger partial charge on any atom is -0.491 e. The normalized spacial score (nSPS) is 11.6. The third-order valence-corrected chi connectivity index (χ3v) is 3.38. The topological polar surface area (TPSA) is 47.6 Å². The fourth-order valence-corrected chi connectivity index (χ4v) is 2.07. The summed E-state index contributed by atoms with van der Waals surface area (Å²) in [6.45, 7) is 6.32. The monoisotopic (exact) mass is 313 g/mol. The second-order valence-corrected chi connectivity index (χ2v) is 5.65. The van der Waals surface area contributed by atoms with Gasteiger partial charge in [0.1, 0.15) is 18.1 Å². The Hall–Kier alpha value is -2.49. The van der Waals surface area contributed by atoms with Gasteiger partial charge in [0.15, 0.2) is 6.61 Å². The lowest BCUT2D eigenvalue weighted by atomic mass is 10.2. The molecule has 0 aliphatic rings. The molecule has 2 aromatic carbocycles. The van der Waals surface area contributed by atoms with Crippen LogP contribution in [0.2, 0.25) is 0 Å². The Bertz CT molecular complexity index is 637. The van der Waals surface area contributed by atoms with Crippen LogP contribution in [-0.4, -0.2) is 25.2 Å². The highest BCUT2D eigenvalue weighted by molar-refractivity contribution is 5.77. The summed E-state index contributed by atoms with van der Waals surface area (Å²) in [7, 11) is 0. The van der Waals surface area contributed by atoms with Crippen LogP contribution in [0.3, 0.4) is 0 Å². The molecule has 4 nitrogen and oxygen atoms in total. The number of hydrogen-bond acceptors (Lipinski definition) is 3. The smallest absolute Gasteiger partial charge is 0.258 e. The number of hydrogen-bond donors (Lipinski definition) is 1. The second kappa shape index (κ2) is 8.22. The largest absolute Gasteiger partial charge is 0.491 e. The first-order valence-corrected chi connectivity index (χ1v) is 7.72. The summed E-state index contributed by atoms with van der Waals surface area (Å²) in [5.74, 6) is 1.37. The van der Waals surface area contributed by atoms with Crippen LogP contribution in [0.25, 0.3) is 0 Å². The van der Waals surface area contributed by atoms with Gasteiger partial charge in [0.05, 0.1) is 6.04 Å². The summed E-state index contributed by atoms with van der Waals surface area (Å²) in [5, 5.41) is 2.86. The quantitative estimate of drug-likeness (QED) is 0.853. The van der Waals surface area contributed by atoms with Crippen molar-refractivity contribution >= 4 is 5.91 Å². The molecule has 23 heavy (non-hydrogen) atoms. The summed E-state index contributed by atoms with van der Waals surface area (Å²) < 4.78 is 11.2. The predicted octanol–water partition coefficient (Wildman–Crippen LogP) is 3.27. The molecule has 122 valence electrons. The van der Waals surface area contributed by atoms with Gasteiger partial charge in [0, 0.05) is 0 Å². The van der Waals surface area contributed by atoms with Gasteiger partial charge in [-0.1, -0.05) is 35.9 Å². The number of amides is 1. The summed E-state index contributed by atoms with van der Waals surface area (Å²) in [4.78, 5) is 11.9. The maximum atomic E-state index is 11.9. The van der Waals surface area contributed by atoms with Crippen LogP contribution in [-0.2, 0) is 4.79 Å². The van der Waals surface area contributed by atoms with Crippen molar-refractivity contribution < 1.29 is 14.3 Å². The molecule has 4 heteroatoms. The van der Waals surface area contributed by atoms with Crippen LogP contribution in [0.5, 0.6) is 11.5 Å². The van der Waals surface area contributed by atoms with E-state index >= 15 is 0 Å². The van der Waals surface area contributed by atoms with E-state index in [9.17, 15) is 4.79 Å². The summed E-state index contributed by atoms with van der Waals surface area (Å²) in [6.07, 6.45) is 0. The van der Waals surface area contributed by atoms with Crippen molar-refractivity contribution in [3.05, 3.63) is 59.7 Å². The van der Waals surface area contributed by atoms with Gasteiger partial charge in [-0.15, -0.1) is 0 Å². The molecule has 0 bridgehead atoms. The van der Waals surface area contributed by atoms with Crippen molar-refractivity contribution in [2.24, 2.45) is 0 Å². The molecule has 0 spiro atoms. The van der Waals surface area contributed by atoms with E-state index in [1.807, 2.05) is 69.3 Å². The number of aryl methyl sites for hydroxylation is 2.